The van der Waals surface area contributed by atoms with E-state index in [1.54, 1.807) is 17.4 Å². The highest BCUT2D eigenvalue weighted by Crippen LogP contribution is 2.30. The highest BCUT2D eigenvalue weighted by molar-refractivity contribution is 7.99. The molecule has 0 bridgehead atoms. The van der Waals surface area contributed by atoms with Gasteiger partial charge < -0.3 is 5.73 Å². The van der Waals surface area contributed by atoms with Crippen molar-refractivity contribution in [1.82, 2.24) is 14.8 Å². The molecule has 0 aliphatic carbocycles. The lowest BCUT2D eigenvalue weighted by Crippen LogP contribution is -2.13. The number of nitrogens with two attached hydrogens (primary N) is 1. The van der Waals surface area contributed by atoms with Crippen LogP contribution in [-0.2, 0) is 11.3 Å². The zero-order chi connectivity index (χ0) is 15.4. The Kier molecular flexibility index (Phi) is 5.19. The van der Waals surface area contributed by atoms with Gasteiger partial charge in [0.15, 0.2) is 11.0 Å². The largest absolute Gasteiger partial charge is 0.369 e. The highest BCUT2D eigenvalue weighted by atomic mass is 32.2. The number of allylic oxidation sites excluding steroid dienone is 1. The van der Waals surface area contributed by atoms with Crippen molar-refractivity contribution in [3.8, 4) is 11.4 Å². The minimum atomic E-state index is -0.368. The maximum atomic E-state index is 10.9. The number of aromatic nitrogens is 3. The van der Waals surface area contributed by atoms with Crippen molar-refractivity contribution in [2.24, 2.45) is 5.73 Å². The van der Waals surface area contributed by atoms with E-state index in [-0.39, 0.29) is 11.7 Å². The third kappa shape index (κ3) is 3.74. The quantitative estimate of drug-likeness (QED) is 0.628. The van der Waals surface area contributed by atoms with Crippen LogP contribution in [-0.4, -0.2) is 26.4 Å². The zero-order valence-corrected chi connectivity index (χ0v) is 13.7. The first-order chi connectivity index (χ1) is 10.0. The molecule has 7 heteroatoms. The van der Waals surface area contributed by atoms with Gasteiger partial charge in [0, 0.05) is 22.4 Å². The molecule has 0 saturated carbocycles. The number of nitrogens with zero attached hydrogens (tertiary/aromatic N) is 3. The predicted molar refractivity (Wildman–Crippen MR) is 87.5 cm³/mol. The summed E-state index contributed by atoms with van der Waals surface area (Å²) in [4.78, 5) is 12.2. The number of thioether (sulfide) groups is 1. The van der Waals surface area contributed by atoms with Crippen LogP contribution in [0.15, 0.2) is 29.3 Å². The van der Waals surface area contributed by atoms with E-state index in [0.29, 0.717) is 17.6 Å². The smallest absolute Gasteiger partial charge is 0.227 e. The maximum absolute atomic E-state index is 10.9. The van der Waals surface area contributed by atoms with Crippen LogP contribution >= 0.6 is 23.1 Å². The molecule has 0 aliphatic rings. The third-order valence-electron chi connectivity index (χ3n) is 2.82. The van der Waals surface area contributed by atoms with Crippen LogP contribution in [0.1, 0.15) is 24.6 Å². The Labute approximate surface area is 132 Å². The molecule has 2 aromatic rings. The van der Waals surface area contributed by atoms with Gasteiger partial charge >= 0.3 is 0 Å². The lowest BCUT2D eigenvalue weighted by atomic mass is 10.1. The van der Waals surface area contributed by atoms with Gasteiger partial charge in [-0.3, -0.25) is 9.36 Å². The SMILES string of the molecule is C=CCn1c(SCC(N)=O)nnc1-c1csc(C(C)C)c1. The molecule has 0 spiro atoms. The van der Waals surface area contributed by atoms with Crippen molar-refractivity contribution in [2.75, 3.05) is 5.75 Å². The summed E-state index contributed by atoms with van der Waals surface area (Å²) in [6.07, 6.45) is 1.79. The number of carbonyl (C=O) groups is 1. The minimum absolute atomic E-state index is 0.191. The first-order valence-corrected chi connectivity index (χ1v) is 8.43. The van der Waals surface area contributed by atoms with Crippen LogP contribution in [0, 0.1) is 0 Å². The van der Waals surface area contributed by atoms with E-state index in [0.717, 1.165) is 11.4 Å². The second-order valence-electron chi connectivity index (χ2n) is 4.85. The lowest BCUT2D eigenvalue weighted by molar-refractivity contribution is -0.115. The summed E-state index contributed by atoms with van der Waals surface area (Å²) < 4.78 is 1.95. The highest BCUT2D eigenvalue weighted by Gasteiger charge is 2.16. The minimum Gasteiger partial charge on any atom is -0.369 e. The maximum Gasteiger partial charge on any atom is 0.227 e. The fourth-order valence-corrected chi connectivity index (χ4v) is 3.40. The van der Waals surface area contributed by atoms with Crippen molar-refractivity contribution in [1.29, 1.82) is 0 Å². The van der Waals surface area contributed by atoms with Gasteiger partial charge in [0.2, 0.25) is 5.91 Å². The Hall–Kier alpha value is -1.60. The number of primary amides is 1. The van der Waals surface area contributed by atoms with Gasteiger partial charge in [-0.05, 0) is 12.0 Å². The van der Waals surface area contributed by atoms with Gasteiger partial charge in [-0.15, -0.1) is 28.1 Å². The first-order valence-electron chi connectivity index (χ1n) is 6.57. The molecule has 2 aromatic heterocycles. The molecule has 0 aromatic carbocycles. The predicted octanol–water partition coefficient (Wildman–Crippen LogP) is 2.89. The zero-order valence-electron chi connectivity index (χ0n) is 12.1. The molecule has 21 heavy (non-hydrogen) atoms. The molecular formula is C14H18N4OS2. The Morgan fingerprint density at radius 1 is 1.57 bits per heavy atom. The van der Waals surface area contributed by atoms with E-state index in [1.807, 2.05) is 4.57 Å². The molecular weight excluding hydrogens is 304 g/mol. The molecule has 0 unspecified atom stereocenters. The van der Waals surface area contributed by atoms with Crippen LogP contribution in [0.5, 0.6) is 0 Å². The van der Waals surface area contributed by atoms with E-state index in [4.69, 9.17) is 5.73 Å². The second kappa shape index (κ2) is 6.91. The molecule has 0 saturated heterocycles. The Morgan fingerprint density at radius 3 is 2.90 bits per heavy atom. The molecule has 112 valence electrons. The fraction of sp³-hybridized carbons (Fsp3) is 0.357. The Morgan fingerprint density at radius 2 is 2.33 bits per heavy atom. The average Bonchev–Trinajstić information content (AvgIpc) is 3.03. The van der Waals surface area contributed by atoms with E-state index in [1.165, 1.54) is 16.6 Å². The van der Waals surface area contributed by atoms with Crippen molar-refractivity contribution < 1.29 is 4.79 Å². The van der Waals surface area contributed by atoms with E-state index < -0.39 is 0 Å². The number of amides is 1. The van der Waals surface area contributed by atoms with Crippen molar-refractivity contribution >= 4 is 29.0 Å². The summed E-state index contributed by atoms with van der Waals surface area (Å²) in [5.41, 5.74) is 6.23. The molecule has 2 heterocycles. The van der Waals surface area contributed by atoms with Gasteiger partial charge in [-0.2, -0.15) is 0 Å². The van der Waals surface area contributed by atoms with E-state index >= 15 is 0 Å². The summed E-state index contributed by atoms with van der Waals surface area (Å²) in [5.74, 6) is 1.11. The number of hydrogen-bond donors (Lipinski definition) is 1. The monoisotopic (exact) mass is 322 g/mol. The van der Waals surface area contributed by atoms with Gasteiger partial charge in [-0.25, -0.2) is 0 Å². The van der Waals surface area contributed by atoms with Crippen LogP contribution < -0.4 is 5.73 Å². The molecule has 1 amide bonds. The normalized spacial score (nSPS) is 11.0. The number of thiophene rings is 1. The summed E-state index contributed by atoms with van der Waals surface area (Å²) >= 11 is 3.01. The number of hydrogen-bond acceptors (Lipinski definition) is 5. The van der Waals surface area contributed by atoms with Crippen molar-refractivity contribution in [2.45, 2.75) is 31.5 Å². The van der Waals surface area contributed by atoms with Crippen LogP contribution in [0.3, 0.4) is 0 Å². The molecule has 0 radical (unpaired) electrons. The summed E-state index contributed by atoms with van der Waals surface area (Å²) in [7, 11) is 0. The third-order valence-corrected chi connectivity index (χ3v) is 5.04. The Balaban J connectivity index is 2.33. The molecule has 5 nitrogen and oxygen atoms in total. The van der Waals surface area contributed by atoms with Crippen LogP contribution in [0.4, 0.5) is 0 Å². The summed E-state index contributed by atoms with van der Waals surface area (Å²) in [6.45, 7) is 8.69. The molecule has 0 fully saturated rings. The van der Waals surface area contributed by atoms with Crippen molar-refractivity contribution in [3.05, 3.63) is 29.0 Å². The lowest BCUT2D eigenvalue weighted by Gasteiger charge is -2.05. The van der Waals surface area contributed by atoms with Crippen LogP contribution in [0.2, 0.25) is 0 Å². The molecule has 2 rings (SSSR count). The molecule has 0 atom stereocenters. The average molecular weight is 322 g/mol. The topological polar surface area (TPSA) is 73.8 Å². The fourth-order valence-electron chi connectivity index (χ4n) is 1.81. The number of carbonyl (C=O) groups excluding carboxylic acids is 1. The standard InChI is InChI=1S/C14H18N4OS2/c1-4-5-18-13(10-6-11(9(2)3)20-7-10)16-17-14(18)21-8-12(15)19/h4,6-7,9H,1,5,8H2,2-3H3,(H2,15,19). The van der Waals surface area contributed by atoms with Crippen molar-refractivity contribution in [3.63, 3.8) is 0 Å². The van der Waals surface area contributed by atoms with Crippen LogP contribution in [0.25, 0.3) is 11.4 Å². The van der Waals surface area contributed by atoms with Gasteiger partial charge in [0.25, 0.3) is 0 Å². The summed E-state index contributed by atoms with van der Waals surface area (Å²) in [5, 5.41) is 11.2. The molecule has 2 N–H and O–H groups in total. The van der Waals surface area contributed by atoms with Gasteiger partial charge in [0.1, 0.15) is 0 Å². The number of rotatable bonds is 7. The Bertz CT molecular complexity index is 645. The van der Waals surface area contributed by atoms with Gasteiger partial charge in [-0.1, -0.05) is 31.7 Å². The van der Waals surface area contributed by atoms with Gasteiger partial charge in [0.05, 0.1) is 5.75 Å². The first kappa shape index (κ1) is 15.8. The summed E-state index contributed by atoms with van der Waals surface area (Å²) in [6, 6.07) is 2.14. The van der Waals surface area contributed by atoms with E-state index in [9.17, 15) is 4.79 Å². The molecule has 0 aliphatic heterocycles. The second-order valence-corrected chi connectivity index (χ2v) is 6.74. The van der Waals surface area contributed by atoms with E-state index in [2.05, 4.69) is 42.1 Å².